The Bertz CT molecular complexity index is 387. The fourth-order valence-electron chi connectivity index (χ4n) is 1.69. The Morgan fingerprint density at radius 3 is 2.78 bits per heavy atom. The van der Waals surface area contributed by atoms with E-state index in [1.807, 2.05) is 19.3 Å². The second kappa shape index (κ2) is 7.11. The summed E-state index contributed by atoms with van der Waals surface area (Å²) in [6.07, 6.45) is 3.80. The van der Waals surface area contributed by atoms with Gasteiger partial charge in [0.2, 0.25) is 0 Å². The van der Waals surface area contributed by atoms with Crippen LogP contribution >= 0.6 is 0 Å². The summed E-state index contributed by atoms with van der Waals surface area (Å²) < 4.78 is 0. The third-order valence-corrected chi connectivity index (χ3v) is 2.74. The minimum atomic E-state index is 0.351. The monoisotopic (exact) mass is 248 g/mol. The van der Waals surface area contributed by atoms with E-state index < -0.39 is 0 Å². The molecular formula is C14H24N4. The summed E-state index contributed by atoms with van der Waals surface area (Å²) in [7, 11) is 2.03. The average molecular weight is 248 g/mol. The van der Waals surface area contributed by atoms with E-state index >= 15 is 0 Å². The van der Waals surface area contributed by atoms with Crippen molar-refractivity contribution in [3.8, 4) is 0 Å². The number of nitrogens with one attached hydrogen (secondary N) is 1. The lowest BCUT2D eigenvalue weighted by molar-refractivity contribution is 0.684. The van der Waals surface area contributed by atoms with E-state index in [9.17, 15) is 0 Å². The van der Waals surface area contributed by atoms with Crippen molar-refractivity contribution in [3.05, 3.63) is 30.4 Å². The molecule has 1 heterocycles. The first-order valence-electron chi connectivity index (χ1n) is 6.48. The van der Waals surface area contributed by atoms with E-state index in [2.05, 4.69) is 47.5 Å². The Hall–Kier alpha value is -1.42. The van der Waals surface area contributed by atoms with Gasteiger partial charge in [-0.2, -0.15) is 0 Å². The summed E-state index contributed by atoms with van der Waals surface area (Å²) in [6.45, 7) is 12.6. The second-order valence-corrected chi connectivity index (χ2v) is 4.66. The van der Waals surface area contributed by atoms with Gasteiger partial charge < -0.3 is 10.2 Å². The first-order chi connectivity index (χ1) is 8.60. The van der Waals surface area contributed by atoms with Gasteiger partial charge in [0.05, 0.1) is 17.6 Å². The molecule has 4 heteroatoms. The molecule has 18 heavy (non-hydrogen) atoms. The molecule has 0 unspecified atom stereocenters. The van der Waals surface area contributed by atoms with Crippen LogP contribution in [-0.2, 0) is 6.54 Å². The molecule has 1 aromatic rings. The molecule has 0 spiro atoms. The van der Waals surface area contributed by atoms with Crippen molar-refractivity contribution in [2.75, 3.05) is 25.0 Å². The number of likely N-dealkylation sites (N-methyl/N-ethyl adjacent to an activating group) is 1. The van der Waals surface area contributed by atoms with Crippen LogP contribution in [0.5, 0.6) is 0 Å². The van der Waals surface area contributed by atoms with Crippen molar-refractivity contribution in [2.24, 2.45) is 0 Å². The highest BCUT2D eigenvalue weighted by Gasteiger charge is 2.11. The van der Waals surface area contributed by atoms with Crippen LogP contribution in [0.2, 0.25) is 0 Å². The van der Waals surface area contributed by atoms with E-state index in [1.165, 1.54) is 0 Å². The number of hydrogen-bond donors (Lipinski definition) is 1. The molecule has 0 atom stereocenters. The van der Waals surface area contributed by atoms with E-state index in [-0.39, 0.29) is 0 Å². The van der Waals surface area contributed by atoms with Crippen LogP contribution in [0.1, 0.15) is 38.2 Å². The maximum absolute atomic E-state index is 4.66. The van der Waals surface area contributed by atoms with Crippen molar-refractivity contribution in [1.82, 2.24) is 15.3 Å². The van der Waals surface area contributed by atoms with Crippen molar-refractivity contribution < 1.29 is 0 Å². The van der Waals surface area contributed by atoms with Crippen LogP contribution in [0.15, 0.2) is 18.9 Å². The molecule has 0 saturated heterocycles. The van der Waals surface area contributed by atoms with E-state index in [1.54, 1.807) is 0 Å². The quantitative estimate of drug-likeness (QED) is 0.752. The van der Waals surface area contributed by atoms with Crippen molar-refractivity contribution in [3.63, 3.8) is 0 Å². The zero-order chi connectivity index (χ0) is 13.5. The third-order valence-electron chi connectivity index (χ3n) is 2.74. The van der Waals surface area contributed by atoms with Crippen LogP contribution in [-0.4, -0.2) is 30.1 Å². The lowest BCUT2D eigenvalue weighted by atomic mass is 10.2. The number of aromatic nitrogens is 2. The molecule has 0 aliphatic heterocycles. The van der Waals surface area contributed by atoms with Crippen molar-refractivity contribution >= 4 is 5.69 Å². The summed E-state index contributed by atoms with van der Waals surface area (Å²) in [5, 5.41) is 3.33. The number of anilines is 1. The predicted molar refractivity (Wildman–Crippen MR) is 77.0 cm³/mol. The molecule has 0 amide bonds. The molecule has 1 N–H and O–H groups in total. The summed E-state index contributed by atoms with van der Waals surface area (Å²) in [6, 6.07) is 0. The Labute approximate surface area is 110 Å². The van der Waals surface area contributed by atoms with Gasteiger partial charge in [-0.05, 0) is 6.54 Å². The van der Waals surface area contributed by atoms with Gasteiger partial charge in [0.25, 0.3) is 0 Å². The summed E-state index contributed by atoms with van der Waals surface area (Å²) >= 11 is 0. The highest BCUT2D eigenvalue weighted by molar-refractivity contribution is 5.49. The minimum absolute atomic E-state index is 0.351. The molecule has 0 bridgehead atoms. The Balaban J connectivity index is 3.03. The highest BCUT2D eigenvalue weighted by Crippen LogP contribution is 2.19. The zero-order valence-corrected chi connectivity index (χ0v) is 11.9. The molecular weight excluding hydrogens is 224 g/mol. The molecule has 0 aliphatic carbocycles. The number of nitrogens with zero attached hydrogens (tertiary/aromatic N) is 3. The van der Waals surface area contributed by atoms with Gasteiger partial charge in [-0.1, -0.05) is 26.8 Å². The molecule has 100 valence electrons. The first kappa shape index (κ1) is 14.6. The van der Waals surface area contributed by atoms with E-state index in [0.717, 1.165) is 36.8 Å². The summed E-state index contributed by atoms with van der Waals surface area (Å²) in [5.74, 6) is 1.25. The fourth-order valence-corrected chi connectivity index (χ4v) is 1.69. The van der Waals surface area contributed by atoms with Crippen molar-refractivity contribution in [1.29, 1.82) is 0 Å². The Morgan fingerprint density at radius 1 is 1.50 bits per heavy atom. The van der Waals surface area contributed by atoms with Crippen molar-refractivity contribution in [2.45, 2.75) is 33.2 Å². The maximum Gasteiger partial charge on any atom is 0.131 e. The van der Waals surface area contributed by atoms with Crippen LogP contribution < -0.4 is 10.2 Å². The Morgan fingerprint density at radius 2 is 2.22 bits per heavy atom. The lowest BCUT2D eigenvalue weighted by Gasteiger charge is -2.21. The standard InChI is InChI=1S/C14H24N4/c1-6-8-18(5)13-10-16-14(11(3)4)17-12(13)9-15-7-2/h6,10-11,15H,1,7-9H2,2-5H3. The highest BCUT2D eigenvalue weighted by atomic mass is 15.1. The average Bonchev–Trinajstić information content (AvgIpc) is 2.36. The van der Waals surface area contributed by atoms with Crippen LogP contribution in [0.4, 0.5) is 5.69 Å². The first-order valence-corrected chi connectivity index (χ1v) is 6.48. The van der Waals surface area contributed by atoms with Crippen LogP contribution in [0, 0.1) is 0 Å². The predicted octanol–water partition coefficient (Wildman–Crippen LogP) is 2.33. The molecule has 0 fully saturated rings. The SMILES string of the molecule is C=CCN(C)c1cnc(C(C)C)nc1CNCC. The normalized spacial score (nSPS) is 10.7. The smallest absolute Gasteiger partial charge is 0.131 e. The molecule has 0 radical (unpaired) electrons. The van der Waals surface area contributed by atoms with Crippen LogP contribution in [0.25, 0.3) is 0 Å². The third kappa shape index (κ3) is 3.81. The van der Waals surface area contributed by atoms with Gasteiger partial charge in [-0.3, -0.25) is 0 Å². The molecule has 1 aromatic heterocycles. The van der Waals surface area contributed by atoms with E-state index in [4.69, 9.17) is 0 Å². The largest absolute Gasteiger partial charge is 0.368 e. The maximum atomic E-state index is 4.66. The van der Waals surface area contributed by atoms with Gasteiger partial charge in [-0.25, -0.2) is 9.97 Å². The fraction of sp³-hybridized carbons (Fsp3) is 0.571. The molecule has 0 saturated carbocycles. The van der Waals surface area contributed by atoms with Crippen LogP contribution in [0.3, 0.4) is 0 Å². The van der Waals surface area contributed by atoms with Gasteiger partial charge in [0.1, 0.15) is 5.82 Å². The molecule has 0 aliphatic rings. The van der Waals surface area contributed by atoms with Gasteiger partial charge in [0.15, 0.2) is 0 Å². The van der Waals surface area contributed by atoms with E-state index in [0.29, 0.717) is 5.92 Å². The second-order valence-electron chi connectivity index (χ2n) is 4.66. The Kier molecular flexibility index (Phi) is 5.78. The summed E-state index contributed by atoms with van der Waals surface area (Å²) in [5.41, 5.74) is 2.13. The number of hydrogen-bond acceptors (Lipinski definition) is 4. The lowest BCUT2D eigenvalue weighted by Crippen LogP contribution is -2.23. The molecule has 1 rings (SSSR count). The minimum Gasteiger partial charge on any atom is -0.368 e. The van der Waals surface area contributed by atoms with Gasteiger partial charge in [0, 0.05) is 26.1 Å². The molecule has 0 aromatic carbocycles. The van der Waals surface area contributed by atoms with Gasteiger partial charge >= 0.3 is 0 Å². The molecule has 4 nitrogen and oxygen atoms in total. The zero-order valence-electron chi connectivity index (χ0n) is 11.9. The topological polar surface area (TPSA) is 41.1 Å². The number of rotatable bonds is 7. The summed E-state index contributed by atoms with van der Waals surface area (Å²) in [4.78, 5) is 11.2. The van der Waals surface area contributed by atoms with Gasteiger partial charge in [-0.15, -0.1) is 6.58 Å².